The Morgan fingerprint density at radius 1 is 1.16 bits per heavy atom. The van der Waals surface area contributed by atoms with Crippen LogP contribution in [-0.2, 0) is 9.47 Å². The molecule has 0 aliphatic rings. The Labute approximate surface area is 114 Å². The molecule has 0 heterocycles. The molecule has 2 N–H and O–H groups in total. The number of benzene rings is 1. The van der Waals surface area contributed by atoms with E-state index in [1.807, 2.05) is 30.3 Å². The zero-order chi connectivity index (χ0) is 13.8. The van der Waals surface area contributed by atoms with Crippen molar-refractivity contribution >= 4 is 0 Å². The number of aliphatic hydroxyl groups excluding tert-OH is 1. The summed E-state index contributed by atoms with van der Waals surface area (Å²) >= 11 is 0. The number of rotatable bonds is 11. The molecule has 1 unspecified atom stereocenters. The Bertz CT molecular complexity index is 308. The highest BCUT2D eigenvalue weighted by Crippen LogP contribution is 2.07. The van der Waals surface area contributed by atoms with Crippen molar-refractivity contribution in [3.05, 3.63) is 30.3 Å². The normalized spacial score (nSPS) is 12.3. The van der Waals surface area contributed by atoms with Crippen molar-refractivity contribution in [3.8, 4) is 5.75 Å². The van der Waals surface area contributed by atoms with E-state index in [-0.39, 0.29) is 0 Å². The van der Waals surface area contributed by atoms with Gasteiger partial charge < -0.3 is 24.6 Å². The van der Waals surface area contributed by atoms with Crippen molar-refractivity contribution in [2.24, 2.45) is 0 Å². The lowest BCUT2D eigenvalue weighted by Gasteiger charge is -2.12. The first-order valence-corrected chi connectivity index (χ1v) is 6.46. The molecule has 0 bridgehead atoms. The molecule has 1 rings (SSSR count). The van der Waals surface area contributed by atoms with Crippen LogP contribution in [0.2, 0.25) is 0 Å². The van der Waals surface area contributed by atoms with Gasteiger partial charge in [-0.1, -0.05) is 18.2 Å². The second-order valence-electron chi connectivity index (χ2n) is 4.09. The van der Waals surface area contributed by atoms with Gasteiger partial charge in [-0.2, -0.15) is 0 Å². The zero-order valence-corrected chi connectivity index (χ0v) is 11.4. The van der Waals surface area contributed by atoms with E-state index in [9.17, 15) is 5.11 Å². The molecule has 0 spiro atoms. The third kappa shape index (κ3) is 8.56. The second kappa shape index (κ2) is 10.8. The van der Waals surface area contributed by atoms with E-state index >= 15 is 0 Å². The van der Waals surface area contributed by atoms with E-state index in [0.717, 1.165) is 12.3 Å². The van der Waals surface area contributed by atoms with E-state index in [1.54, 1.807) is 7.11 Å². The van der Waals surface area contributed by atoms with Gasteiger partial charge in [-0.15, -0.1) is 0 Å². The largest absolute Gasteiger partial charge is 0.491 e. The smallest absolute Gasteiger partial charge is 0.119 e. The van der Waals surface area contributed by atoms with Gasteiger partial charge in [0.25, 0.3) is 0 Å². The quantitative estimate of drug-likeness (QED) is 0.579. The van der Waals surface area contributed by atoms with Gasteiger partial charge in [-0.25, -0.2) is 0 Å². The summed E-state index contributed by atoms with van der Waals surface area (Å²) in [4.78, 5) is 0. The molecular formula is C14H23NO4. The lowest BCUT2D eigenvalue weighted by atomic mass is 10.3. The van der Waals surface area contributed by atoms with Gasteiger partial charge in [-0.3, -0.25) is 0 Å². The fourth-order valence-corrected chi connectivity index (χ4v) is 1.46. The molecular weight excluding hydrogens is 246 g/mol. The van der Waals surface area contributed by atoms with Crippen LogP contribution in [0.4, 0.5) is 0 Å². The molecule has 5 nitrogen and oxygen atoms in total. The second-order valence-corrected chi connectivity index (χ2v) is 4.09. The number of hydrogen-bond donors (Lipinski definition) is 2. The van der Waals surface area contributed by atoms with Crippen LogP contribution in [0.25, 0.3) is 0 Å². The standard InChI is InChI=1S/C14H23NO4/c1-17-8-7-15-11-13(16)12-18-9-10-19-14-5-3-2-4-6-14/h2-6,13,15-16H,7-12H2,1H3. The van der Waals surface area contributed by atoms with E-state index in [1.165, 1.54) is 0 Å². The van der Waals surface area contributed by atoms with Gasteiger partial charge in [0, 0.05) is 20.2 Å². The van der Waals surface area contributed by atoms with Gasteiger partial charge in [-0.05, 0) is 12.1 Å². The maximum atomic E-state index is 9.60. The molecule has 0 aromatic heterocycles. The molecule has 1 aromatic rings. The fraction of sp³-hybridized carbons (Fsp3) is 0.571. The summed E-state index contributed by atoms with van der Waals surface area (Å²) < 4.78 is 15.7. The van der Waals surface area contributed by atoms with Crippen molar-refractivity contribution in [1.82, 2.24) is 5.32 Å². The van der Waals surface area contributed by atoms with Crippen LogP contribution in [0.3, 0.4) is 0 Å². The monoisotopic (exact) mass is 269 g/mol. The summed E-state index contributed by atoms with van der Waals surface area (Å²) in [7, 11) is 1.65. The van der Waals surface area contributed by atoms with Crippen molar-refractivity contribution in [3.63, 3.8) is 0 Å². The van der Waals surface area contributed by atoms with Gasteiger partial charge in [0.1, 0.15) is 12.4 Å². The summed E-state index contributed by atoms with van der Waals surface area (Å²) in [6.07, 6.45) is -0.506. The molecule has 0 fully saturated rings. The van der Waals surface area contributed by atoms with E-state index in [2.05, 4.69) is 5.32 Å². The molecule has 19 heavy (non-hydrogen) atoms. The Morgan fingerprint density at radius 3 is 2.68 bits per heavy atom. The molecule has 0 saturated carbocycles. The predicted octanol–water partition coefficient (Wildman–Crippen LogP) is 0.679. The maximum Gasteiger partial charge on any atom is 0.119 e. The lowest BCUT2D eigenvalue weighted by Crippen LogP contribution is -2.32. The number of nitrogens with one attached hydrogen (secondary N) is 1. The molecule has 0 saturated heterocycles. The fourth-order valence-electron chi connectivity index (χ4n) is 1.46. The number of hydrogen-bond acceptors (Lipinski definition) is 5. The SMILES string of the molecule is COCCNCC(O)COCCOc1ccccc1. The summed E-state index contributed by atoms with van der Waals surface area (Å²) in [6, 6.07) is 9.58. The third-order valence-corrected chi connectivity index (χ3v) is 2.41. The molecule has 108 valence electrons. The number of methoxy groups -OCH3 is 1. The van der Waals surface area contributed by atoms with Crippen LogP contribution in [-0.4, -0.2) is 57.8 Å². The van der Waals surface area contributed by atoms with E-state index < -0.39 is 6.10 Å². The first-order valence-electron chi connectivity index (χ1n) is 6.46. The number of para-hydroxylation sites is 1. The van der Waals surface area contributed by atoms with Crippen LogP contribution < -0.4 is 10.1 Å². The molecule has 1 atom stereocenters. The van der Waals surface area contributed by atoms with E-state index in [0.29, 0.717) is 33.0 Å². The predicted molar refractivity (Wildman–Crippen MR) is 73.5 cm³/mol. The molecule has 0 aliphatic carbocycles. The highest BCUT2D eigenvalue weighted by molar-refractivity contribution is 5.20. The first kappa shape index (κ1) is 15.9. The van der Waals surface area contributed by atoms with Crippen LogP contribution in [0.15, 0.2) is 30.3 Å². The van der Waals surface area contributed by atoms with Gasteiger partial charge >= 0.3 is 0 Å². The Hall–Kier alpha value is -1.14. The highest BCUT2D eigenvalue weighted by Gasteiger charge is 2.03. The first-order chi connectivity index (χ1) is 9.33. The average Bonchev–Trinajstić information content (AvgIpc) is 2.44. The van der Waals surface area contributed by atoms with Crippen LogP contribution in [0, 0.1) is 0 Å². The summed E-state index contributed by atoms with van der Waals surface area (Å²) in [5.74, 6) is 0.827. The molecule has 0 radical (unpaired) electrons. The number of aliphatic hydroxyl groups is 1. The Kier molecular flexibility index (Phi) is 9.01. The summed E-state index contributed by atoms with van der Waals surface area (Å²) in [5, 5.41) is 12.7. The minimum absolute atomic E-state index is 0.304. The molecule has 0 aliphatic heterocycles. The third-order valence-electron chi connectivity index (χ3n) is 2.41. The zero-order valence-electron chi connectivity index (χ0n) is 11.4. The average molecular weight is 269 g/mol. The maximum absolute atomic E-state index is 9.60. The van der Waals surface area contributed by atoms with Gasteiger partial charge in [0.15, 0.2) is 0 Å². The van der Waals surface area contributed by atoms with Crippen molar-refractivity contribution in [1.29, 1.82) is 0 Å². The molecule has 5 heteroatoms. The van der Waals surface area contributed by atoms with Crippen LogP contribution >= 0.6 is 0 Å². The van der Waals surface area contributed by atoms with Crippen molar-refractivity contribution in [2.45, 2.75) is 6.10 Å². The van der Waals surface area contributed by atoms with E-state index in [4.69, 9.17) is 14.2 Å². The Morgan fingerprint density at radius 2 is 1.95 bits per heavy atom. The topological polar surface area (TPSA) is 60.0 Å². The number of ether oxygens (including phenoxy) is 3. The highest BCUT2D eigenvalue weighted by atomic mass is 16.5. The van der Waals surface area contributed by atoms with Gasteiger partial charge in [0.05, 0.1) is 25.9 Å². The molecule has 1 aromatic carbocycles. The minimum Gasteiger partial charge on any atom is -0.491 e. The van der Waals surface area contributed by atoms with Crippen LogP contribution in [0.1, 0.15) is 0 Å². The van der Waals surface area contributed by atoms with Crippen molar-refractivity contribution in [2.75, 3.05) is 46.6 Å². The summed E-state index contributed by atoms with van der Waals surface area (Å²) in [5.41, 5.74) is 0. The molecule has 0 amide bonds. The lowest BCUT2D eigenvalue weighted by molar-refractivity contribution is 0.0245. The van der Waals surface area contributed by atoms with Gasteiger partial charge in [0.2, 0.25) is 0 Å². The van der Waals surface area contributed by atoms with Crippen LogP contribution in [0.5, 0.6) is 5.75 Å². The van der Waals surface area contributed by atoms with Crippen molar-refractivity contribution < 1.29 is 19.3 Å². The Balaban J connectivity index is 1.92. The summed E-state index contributed by atoms with van der Waals surface area (Å²) in [6.45, 7) is 3.11. The minimum atomic E-state index is -0.506.